The smallest absolute Gasteiger partial charge is 0.144 e. The average molecular weight is 209 g/mol. The molecule has 74 valence electrons. The molecule has 0 aliphatic heterocycles. The highest BCUT2D eigenvalue weighted by Crippen LogP contribution is 2.18. The third kappa shape index (κ3) is 2.74. The minimum atomic E-state index is -0.362. The SMILES string of the molecule is CCCSCc1cccc(C#N)c1F. The van der Waals surface area contributed by atoms with Gasteiger partial charge in [-0.05, 0) is 23.8 Å². The monoisotopic (exact) mass is 209 g/mol. The van der Waals surface area contributed by atoms with Crippen LogP contribution in [0.5, 0.6) is 0 Å². The van der Waals surface area contributed by atoms with E-state index in [0.29, 0.717) is 11.3 Å². The first-order valence-corrected chi connectivity index (χ1v) is 5.70. The largest absolute Gasteiger partial charge is 0.205 e. The Labute approximate surface area is 87.9 Å². The molecule has 0 unspecified atom stereocenters. The van der Waals surface area contributed by atoms with Crippen molar-refractivity contribution in [3.05, 3.63) is 35.1 Å². The molecule has 0 aliphatic rings. The van der Waals surface area contributed by atoms with Crippen molar-refractivity contribution < 1.29 is 4.39 Å². The van der Waals surface area contributed by atoms with Crippen molar-refractivity contribution in [2.24, 2.45) is 0 Å². The Balaban J connectivity index is 2.73. The van der Waals surface area contributed by atoms with E-state index in [0.717, 1.165) is 12.2 Å². The maximum atomic E-state index is 13.5. The van der Waals surface area contributed by atoms with E-state index in [2.05, 4.69) is 6.92 Å². The second-order valence-electron chi connectivity index (χ2n) is 2.94. The first-order chi connectivity index (χ1) is 6.79. The first kappa shape index (κ1) is 11.1. The van der Waals surface area contributed by atoms with Gasteiger partial charge in [0.15, 0.2) is 0 Å². The predicted octanol–water partition coefficient (Wildman–Crippen LogP) is 3.34. The molecule has 0 amide bonds. The summed E-state index contributed by atoms with van der Waals surface area (Å²) in [6.45, 7) is 2.09. The highest BCUT2D eigenvalue weighted by atomic mass is 32.2. The summed E-state index contributed by atoms with van der Waals surface area (Å²) in [6.07, 6.45) is 1.09. The molecule has 0 saturated heterocycles. The van der Waals surface area contributed by atoms with Gasteiger partial charge in [-0.25, -0.2) is 4.39 Å². The van der Waals surface area contributed by atoms with Crippen molar-refractivity contribution in [3.8, 4) is 6.07 Å². The van der Waals surface area contributed by atoms with Crippen LogP contribution in [0.2, 0.25) is 0 Å². The van der Waals surface area contributed by atoms with Gasteiger partial charge >= 0.3 is 0 Å². The molecule has 1 aromatic carbocycles. The molecule has 0 spiro atoms. The van der Waals surface area contributed by atoms with Crippen LogP contribution in [0.25, 0.3) is 0 Å². The molecular weight excluding hydrogens is 197 g/mol. The minimum absolute atomic E-state index is 0.139. The Morgan fingerprint density at radius 1 is 1.50 bits per heavy atom. The summed E-state index contributed by atoms with van der Waals surface area (Å²) in [4.78, 5) is 0. The van der Waals surface area contributed by atoms with Gasteiger partial charge in [0.25, 0.3) is 0 Å². The molecule has 0 heterocycles. The molecule has 1 aromatic rings. The predicted molar refractivity (Wildman–Crippen MR) is 57.6 cm³/mol. The summed E-state index contributed by atoms with van der Waals surface area (Å²) in [7, 11) is 0. The maximum Gasteiger partial charge on any atom is 0.144 e. The lowest BCUT2D eigenvalue weighted by molar-refractivity contribution is 0.613. The highest BCUT2D eigenvalue weighted by molar-refractivity contribution is 7.98. The number of halogens is 1. The Hall–Kier alpha value is -1.01. The molecule has 0 bridgehead atoms. The van der Waals surface area contributed by atoms with Gasteiger partial charge in [-0.3, -0.25) is 0 Å². The van der Waals surface area contributed by atoms with Crippen molar-refractivity contribution in [1.29, 1.82) is 5.26 Å². The summed E-state index contributed by atoms with van der Waals surface area (Å²) < 4.78 is 13.5. The number of thioether (sulfide) groups is 1. The zero-order chi connectivity index (χ0) is 10.4. The fourth-order valence-corrected chi connectivity index (χ4v) is 1.98. The normalized spacial score (nSPS) is 9.79. The summed E-state index contributed by atoms with van der Waals surface area (Å²) in [6, 6.07) is 6.81. The molecule has 14 heavy (non-hydrogen) atoms. The Kier molecular flexibility index (Phi) is 4.48. The molecule has 0 atom stereocenters. The van der Waals surface area contributed by atoms with Crippen molar-refractivity contribution >= 4 is 11.8 Å². The lowest BCUT2D eigenvalue weighted by Crippen LogP contribution is -1.92. The van der Waals surface area contributed by atoms with Gasteiger partial charge < -0.3 is 0 Å². The van der Waals surface area contributed by atoms with Gasteiger partial charge in [0.2, 0.25) is 0 Å². The van der Waals surface area contributed by atoms with Gasteiger partial charge in [0.05, 0.1) is 5.56 Å². The second kappa shape index (κ2) is 5.66. The number of benzene rings is 1. The van der Waals surface area contributed by atoms with Crippen LogP contribution in [0.15, 0.2) is 18.2 Å². The van der Waals surface area contributed by atoms with E-state index in [-0.39, 0.29) is 11.4 Å². The van der Waals surface area contributed by atoms with E-state index in [4.69, 9.17) is 5.26 Å². The van der Waals surface area contributed by atoms with Crippen molar-refractivity contribution in [3.63, 3.8) is 0 Å². The number of rotatable bonds is 4. The number of nitrogens with zero attached hydrogens (tertiary/aromatic N) is 1. The maximum absolute atomic E-state index is 13.5. The third-order valence-corrected chi connectivity index (χ3v) is 3.02. The summed E-state index contributed by atoms with van der Waals surface area (Å²) >= 11 is 1.69. The molecule has 1 nitrogen and oxygen atoms in total. The Morgan fingerprint density at radius 2 is 2.29 bits per heavy atom. The Morgan fingerprint density at radius 3 is 2.93 bits per heavy atom. The molecule has 0 saturated carbocycles. The Bertz CT molecular complexity index is 344. The number of nitriles is 1. The molecule has 1 rings (SSSR count). The number of hydrogen-bond donors (Lipinski definition) is 0. The van der Waals surface area contributed by atoms with Gasteiger partial charge in [0.1, 0.15) is 11.9 Å². The van der Waals surface area contributed by atoms with E-state index in [1.165, 1.54) is 6.07 Å². The zero-order valence-corrected chi connectivity index (χ0v) is 8.90. The third-order valence-electron chi connectivity index (χ3n) is 1.81. The summed E-state index contributed by atoms with van der Waals surface area (Å²) in [5.74, 6) is 1.31. The van der Waals surface area contributed by atoms with E-state index < -0.39 is 0 Å². The molecule has 0 aromatic heterocycles. The standard InChI is InChI=1S/C11H12FNS/c1-2-6-14-8-10-5-3-4-9(7-13)11(10)12/h3-5H,2,6,8H2,1H3. The molecule has 0 aliphatic carbocycles. The lowest BCUT2D eigenvalue weighted by atomic mass is 10.1. The molecule has 0 radical (unpaired) electrons. The zero-order valence-electron chi connectivity index (χ0n) is 8.09. The molecule has 3 heteroatoms. The van der Waals surface area contributed by atoms with Crippen LogP contribution in [0.4, 0.5) is 4.39 Å². The molecule has 0 fully saturated rings. The van der Waals surface area contributed by atoms with Crippen LogP contribution in [0.3, 0.4) is 0 Å². The quantitative estimate of drug-likeness (QED) is 0.710. The van der Waals surface area contributed by atoms with E-state index in [1.54, 1.807) is 23.9 Å². The van der Waals surface area contributed by atoms with Crippen LogP contribution >= 0.6 is 11.8 Å². The second-order valence-corrected chi connectivity index (χ2v) is 4.05. The van der Waals surface area contributed by atoms with E-state index in [1.807, 2.05) is 6.07 Å². The van der Waals surface area contributed by atoms with Crippen molar-refractivity contribution in [2.75, 3.05) is 5.75 Å². The van der Waals surface area contributed by atoms with Gasteiger partial charge in [0, 0.05) is 5.75 Å². The van der Waals surface area contributed by atoms with Crippen LogP contribution in [-0.2, 0) is 5.75 Å². The molecule has 0 N–H and O–H groups in total. The van der Waals surface area contributed by atoms with Gasteiger partial charge in [-0.15, -0.1) is 0 Å². The van der Waals surface area contributed by atoms with Crippen LogP contribution in [-0.4, -0.2) is 5.75 Å². The van der Waals surface area contributed by atoms with E-state index in [9.17, 15) is 4.39 Å². The van der Waals surface area contributed by atoms with Gasteiger partial charge in [-0.2, -0.15) is 17.0 Å². The van der Waals surface area contributed by atoms with Crippen molar-refractivity contribution in [2.45, 2.75) is 19.1 Å². The van der Waals surface area contributed by atoms with Crippen LogP contribution < -0.4 is 0 Å². The first-order valence-electron chi connectivity index (χ1n) is 4.54. The minimum Gasteiger partial charge on any atom is -0.205 e. The van der Waals surface area contributed by atoms with Gasteiger partial charge in [-0.1, -0.05) is 19.1 Å². The fraction of sp³-hybridized carbons (Fsp3) is 0.364. The van der Waals surface area contributed by atoms with Crippen LogP contribution in [0.1, 0.15) is 24.5 Å². The summed E-state index contributed by atoms with van der Waals surface area (Å²) in [5, 5.41) is 8.62. The van der Waals surface area contributed by atoms with Crippen LogP contribution in [0, 0.1) is 17.1 Å². The topological polar surface area (TPSA) is 23.8 Å². The molecular formula is C11H12FNS. The van der Waals surface area contributed by atoms with E-state index >= 15 is 0 Å². The fourth-order valence-electron chi connectivity index (χ4n) is 1.10. The number of hydrogen-bond acceptors (Lipinski definition) is 2. The highest BCUT2D eigenvalue weighted by Gasteiger charge is 2.06. The van der Waals surface area contributed by atoms with Crippen molar-refractivity contribution in [1.82, 2.24) is 0 Å². The lowest BCUT2D eigenvalue weighted by Gasteiger charge is -2.03. The summed E-state index contributed by atoms with van der Waals surface area (Å²) in [5.41, 5.74) is 0.766. The average Bonchev–Trinajstić information content (AvgIpc) is 2.21.